The predicted molar refractivity (Wildman–Crippen MR) is 77.1 cm³/mol. The summed E-state index contributed by atoms with van der Waals surface area (Å²) in [5.41, 5.74) is 7.86. The smallest absolute Gasteiger partial charge is 0.144 e. The maximum Gasteiger partial charge on any atom is 0.144 e. The van der Waals surface area contributed by atoms with E-state index in [0.717, 1.165) is 25.9 Å². The van der Waals surface area contributed by atoms with Gasteiger partial charge in [-0.15, -0.1) is 0 Å². The SMILES string of the molecule is Cc1cnccc1CNCCCC(C)(C)/C(N)=N/O. The van der Waals surface area contributed by atoms with E-state index in [4.69, 9.17) is 10.9 Å². The molecule has 1 aromatic heterocycles. The minimum Gasteiger partial charge on any atom is -0.409 e. The summed E-state index contributed by atoms with van der Waals surface area (Å²) in [6.07, 6.45) is 5.54. The fraction of sp³-hybridized carbons (Fsp3) is 0.571. The van der Waals surface area contributed by atoms with Crippen LogP contribution in [0, 0.1) is 12.3 Å². The second kappa shape index (κ2) is 7.09. The first-order valence-corrected chi connectivity index (χ1v) is 6.55. The Hall–Kier alpha value is -1.62. The first kappa shape index (κ1) is 15.4. The molecule has 0 aliphatic heterocycles. The van der Waals surface area contributed by atoms with Crippen molar-refractivity contribution in [3.8, 4) is 0 Å². The third-order valence-corrected chi connectivity index (χ3v) is 3.41. The lowest BCUT2D eigenvalue weighted by Gasteiger charge is -2.22. The molecule has 1 rings (SSSR count). The topological polar surface area (TPSA) is 83.5 Å². The second-order valence-corrected chi connectivity index (χ2v) is 5.45. The zero-order chi connectivity index (χ0) is 14.3. The van der Waals surface area contributed by atoms with E-state index < -0.39 is 0 Å². The normalized spacial score (nSPS) is 12.7. The Morgan fingerprint density at radius 2 is 2.26 bits per heavy atom. The van der Waals surface area contributed by atoms with Crippen LogP contribution in [0.4, 0.5) is 0 Å². The molecule has 0 saturated carbocycles. The van der Waals surface area contributed by atoms with Crippen LogP contribution in [0.3, 0.4) is 0 Å². The summed E-state index contributed by atoms with van der Waals surface area (Å²) >= 11 is 0. The third kappa shape index (κ3) is 4.87. The minimum absolute atomic E-state index is 0.261. The van der Waals surface area contributed by atoms with E-state index in [-0.39, 0.29) is 11.3 Å². The molecule has 0 bridgehead atoms. The molecule has 0 aliphatic rings. The number of hydrogen-bond acceptors (Lipinski definition) is 4. The van der Waals surface area contributed by atoms with E-state index in [1.807, 2.05) is 32.3 Å². The molecule has 0 radical (unpaired) electrons. The number of aryl methyl sites for hydroxylation is 1. The minimum atomic E-state index is -0.261. The summed E-state index contributed by atoms with van der Waals surface area (Å²) < 4.78 is 0. The maximum absolute atomic E-state index is 8.69. The molecule has 19 heavy (non-hydrogen) atoms. The van der Waals surface area contributed by atoms with Crippen molar-refractivity contribution >= 4 is 5.84 Å². The maximum atomic E-state index is 8.69. The molecule has 5 nitrogen and oxygen atoms in total. The van der Waals surface area contributed by atoms with Crippen molar-refractivity contribution in [3.05, 3.63) is 29.6 Å². The molecular formula is C14H24N4O. The van der Waals surface area contributed by atoms with E-state index >= 15 is 0 Å². The number of oxime groups is 1. The molecule has 0 amide bonds. The van der Waals surface area contributed by atoms with Gasteiger partial charge in [-0.2, -0.15) is 0 Å². The number of aromatic nitrogens is 1. The molecule has 0 aromatic carbocycles. The second-order valence-electron chi connectivity index (χ2n) is 5.45. The number of amidine groups is 1. The highest BCUT2D eigenvalue weighted by molar-refractivity contribution is 5.85. The molecule has 5 heteroatoms. The summed E-state index contributed by atoms with van der Waals surface area (Å²) in [4.78, 5) is 4.07. The van der Waals surface area contributed by atoms with E-state index in [0.29, 0.717) is 0 Å². The van der Waals surface area contributed by atoms with Crippen LogP contribution in [0.5, 0.6) is 0 Å². The van der Waals surface area contributed by atoms with Crippen LogP contribution in [-0.4, -0.2) is 22.6 Å². The van der Waals surface area contributed by atoms with Gasteiger partial charge in [-0.25, -0.2) is 0 Å². The fourth-order valence-electron chi connectivity index (χ4n) is 1.84. The lowest BCUT2D eigenvalue weighted by atomic mass is 9.86. The lowest BCUT2D eigenvalue weighted by Crippen LogP contribution is -2.32. The van der Waals surface area contributed by atoms with Crippen molar-refractivity contribution < 1.29 is 5.21 Å². The molecule has 0 fully saturated rings. The number of hydrogen-bond donors (Lipinski definition) is 3. The number of nitrogens with two attached hydrogens (primary N) is 1. The molecule has 0 unspecified atom stereocenters. The molecule has 1 aromatic rings. The summed E-state index contributed by atoms with van der Waals surface area (Å²) in [6, 6.07) is 2.03. The van der Waals surface area contributed by atoms with Crippen molar-refractivity contribution in [3.63, 3.8) is 0 Å². The number of pyridine rings is 1. The van der Waals surface area contributed by atoms with Crippen molar-refractivity contribution in [2.45, 2.75) is 40.2 Å². The summed E-state index contributed by atoms with van der Waals surface area (Å²) in [7, 11) is 0. The van der Waals surface area contributed by atoms with Crippen molar-refractivity contribution in [1.29, 1.82) is 0 Å². The Morgan fingerprint density at radius 3 is 2.89 bits per heavy atom. The Bertz CT molecular complexity index is 429. The molecule has 0 saturated heterocycles. The van der Waals surface area contributed by atoms with E-state index in [9.17, 15) is 0 Å². The largest absolute Gasteiger partial charge is 0.409 e. The highest BCUT2D eigenvalue weighted by Gasteiger charge is 2.22. The van der Waals surface area contributed by atoms with Gasteiger partial charge in [0.1, 0.15) is 5.84 Å². The van der Waals surface area contributed by atoms with Crippen LogP contribution in [-0.2, 0) is 6.54 Å². The molecule has 0 spiro atoms. The van der Waals surface area contributed by atoms with Gasteiger partial charge in [-0.3, -0.25) is 4.98 Å². The quantitative estimate of drug-likeness (QED) is 0.231. The number of rotatable bonds is 7. The average Bonchev–Trinajstić information content (AvgIpc) is 2.39. The number of nitrogens with zero attached hydrogens (tertiary/aromatic N) is 2. The van der Waals surface area contributed by atoms with Crippen molar-refractivity contribution in [2.75, 3.05) is 6.54 Å². The average molecular weight is 264 g/mol. The van der Waals surface area contributed by atoms with Gasteiger partial charge in [0.25, 0.3) is 0 Å². The lowest BCUT2D eigenvalue weighted by molar-refractivity contribution is 0.304. The van der Waals surface area contributed by atoms with Crippen molar-refractivity contribution in [2.24, 2.45) is 16.3 Å². The van der Waals surface area contributed by atoms with Gasteiger partial charge in [0, 0.05) is 24.4 Å². The van der Waals surface area contributed by atoms with Crippen LogP contribution in [0.25, 0.3) is 0 Å². The van der Waals surface area contributed by atoms with Crippen LogP contribution in [0.2, 0.25) is 0 Å². The van der Waals surface area contributed by atoms with Gasteiger partial charge in [-0.05, 0) is 43.5 Å². The zero-order valence-corrected chi connectivity index (χ0v) is 12.0. The van der Waals surface area contributed by atoms with Crippen LogP contribution in [0.1, 0.15) is 37.8 Å². The molecule has 106 valence electrons. The van der Waals surface area contributed by atoms with Crippen molar-refractivity contribution in [1.82, 2.24) is 10.3 Å². The summed E-state index contributed by atoms with van der Waals surface area (Å²) in [5.74, 6) is 0.289. The monoisotopic (exact) mass is 264 g/mol. The standard InChI is InChI=1S/C14H24N4O/c1-11-9-17-8-5-12(11)10-16-7-4-6-14(2,3)13(15)18-19/h5,8-9,16,19H,4,6-7,10H2,1-3H3,(H2,15,18). The van der Waals surface area contributed by atoms with E-state index in [2.05, 4.69) is 22.4 Å². The van der Waals surface area contributed by atoms with E-state index in [1.165, 1.54) is 11.1 Å². The third-order valence-electron chi connectivity index (χ3n) is 3.41. The van der Waals surface area contributed by atoms with Crippen LogP contribution in [0.15, 0.2) is 23.6 Å². The van der Waals surface area contributed by atoms with Gasteiger partial charge >= 0.3 is 0 Å². The zero-order valence-electron chi connectivity index (χ0n) is 12.0. The van der Waals surface area contributed by atoms with Gasteiger partial charge in [0.15, 0.2) is 0 Å². The molecular weight excluding hydrogens is 240 g/mol. The first-order chi connectivity index (χ1) is 8.97. The Morgan fingerprint density at radius 1 is 1.53 bits per heavy atom. The van der Waals surface area contributed by atoms with Crippen LogP contribution >= 0.6 is 0 Å². The van der Waals surface area contributed by atoms with Gasteiger partial charge in [0.05, 0.1) is 0 Å². The Labute approximate surface area is 114 Å². The molecule has 0 atom stereocenters. The predicted octanol–water partition coefficient (Wildman–Crippen LogP) is 2.03. The highest BCUT2D eigenvalue weighted by Crippen LogP contribution is 2.21. The molecule has 4 N–H and O–H groups in total. The fourth-order valence-corrected chi connectivity index (χ4v) is 1.84. The van der Waals surface area contributed by atoms with Gasteiger partial charge in [0.2, 0.25) is 0 Å². The molecule has 0 aliphatic carbocycles. The Balaban J connectivity index is 2.27. The van der Waals surface area contributed by atoms with Crippen LogP contribution < -0.4 is 11.1 Å². The highest BCUT2D eigenvalue weighted by atomic mass is 16.4. The van der Waals surface area contributed by atoms with Gasteiger partial charge < -0.3 is 16.3 Å². The summed E-state index contributed by atoms with van der Waals surface area (Å²) in [5, 5.41) is 15.2. The van der Waals surface area contributed by atoms with Gasteiger partial charge in [-0.1, -0.05) is 19.0 Å². The Kier molecular flexibility index (Phi) is 5.76. The first-order valence-electron chi connectivity index (χ1n) is 6.55. The summed E-state index contributed by atoms with van der Waals surface area (Å²) in [6.45, 7) is 7.78. The molecule has 1 heterocycles. The van der Waals surface area contributed by atoms with E-state index in [1.54, 1.807) is 0 Å². The number of nitrogens with one attached hydrogen (secondary N) is 1.